The van der Waals surface area contributed by atoms with E-state index in [1.807, 2.05) is 29.1 Å². The predicted molar refractivity (Wildman–Crippen MR) is 91.6 cm³/mol. The number of aromatic nitrogens is 2. The van der Waals surface area contributed by atoms with Crippen molar-refractivity contribution in [1.82, 2.24) is 20.0 Å². The van der Waals surface area contributed by atoms with Crippen molar-refractivity contribution in [3.05, 3.63) is 48.3 Å². The molecule has 0 radical (unpaired) electrons. The number of β-amino-alcohol motifs (C(OH)–C–C–N with tert-alkyl or cyclic N) is 1. The largest absolute Gasteiger partial charge is 0.392 e. The highest BCUT2D eigenvalue weighted by Gasteiger charge is 2.16. The van der Waals surface area contributed by atoms with Gasteiger partial charge in [-0.25, -0.2) is 4.68 Å². The van der Waals surface area contributed by atoms with Crippen LogP contribution >= 0.6 is 0 Å². The Kier molecular flexibility index (Phi) is 5.80. The number of likely N-dealkylation sites (tertiary alicyclic amines) is 1. The van der Waals surface area contributed by atoms with E-state index in [4.69, 9.17) is 0 Å². The van der Waals surface area contributed by atoms with Crippen molar-refractivity contribution < 1.29 is 5.11 Å². The Morgan fingerprint density at radius 2 is 2.09 bits per heavy atom. The van der Waals surface area contributed by atoms with Crippen LogP contribution in [0.4, 0.5) is 0 Å². The Morgan fingerprint density at radius 1 is 1.22 bits per heavy atom. The Morgan fingerprint density at radius 3 is 2.91 bits per heavy atom. The van der Waals surface area contributed by atoms with Crippen LogP contribution in [0.3, 0.4) is 0 Å². The fraction of sp³-hybridized carbons (Fsp3) is 0.500. The number of benzene rings is 1. The van der Waals surface area contributed by atoms with E-state index < -0.39 is 0 Å². The van der Waals surface area contributed by atoms with Crippen LogP contribution in [0.25, 0.3) is 5.69 Å². The summed E-state index contributed by atoms with van der Waals surface area (Å²) in [6.45, 7) is 4.81. The van der Waals surface area contributed by atoms with Crippen LogP contribution in [-0.2, 0) is 6.54 Å². The van der Waals surface area contributed by atoms with Crippen molar-refractivity contribution in [1.29, 1.82) is 0 Å². The SMILES string of the molecule is OC1CCCN(CCCNCc2ccnn2-c2ccccc2)C1. The highest BCUT2D eigenvalue weighted by Crippen LogP contribution is 2.11. The van der Waals surface area contributed by atoms with E-state index in [0.717, 1.165) is 57.7 Å². The van der Waals surface area contributed by atoms with Crippen LogP contribution in [0.2, 0.25) is 0 Å². The average Bonchev–Trinajstić information content (AvgIpc) is 3.04. The highest BCUT2D eigenvalue weighted by molar-refractivity contribution is 5.32. The number of hydrogen-bond donors (Lipinski definition) is 2. The Bertz CT molecular complexity index is 584. The number of para-hydroxylation sites is 1. The molecule has 5 nitrogen and oxygen atoms in total. The molecule has 0 aliphatic carbocycles. The number of rotatable bonds is 7. The van der Waals surface area contributed by atoms with E-state index in [1.54, 1.807) is 0 Å². The predicted octanol–water partition coefficient (Wildman–Crippen LogP) is 1.81. The Hall–Kier alpha value is -1.69. The first-order valence-electron chi connectivity index (χ1n) is 8.52. The van der Waals surface area contributed by atoms with Crippen molar-refractivity contribution in [2.24, 2.45) is 0 Å². The summed E-state index contributed by atoms with van der Waals surface area (Å²) in [6.07, 6.45) is 4.89. The summed E-state index contributed by atoms with van der Waals surface area (Å²) < 4.78 is 1.98. The molecule has 0 spiro atoms. The maximum atomic E-state index is 9.68. The maximum Gasteiger partial charge on any atom is 0.0667 e. The summed E-state index contributed by atoms with van der Waals surface area (Å²) in [4.78, 5) is 2.37. The lowest BCUT2D eigenvalue weighted by Gasteiger charge is -2.29. The summed E-state index contributed by atoms with van der Waals surface area (Å²) in [5.74, 6) is 0. The molecule has 1 aromatic heterocycles. The molecule has 2 aromatic rings. The molecule has 2 heterocycles. The maximum absolute atomic E-state index is 9.68. The van der Waals surface area contributed by atoms with Gasteiger partial charge in [0.1, 0.15) is 0 Å². The van der Waals surface area contributed by atoms with Gasteiger partial charge in [0.15, 0.2) is 0 Å². The summed E-state index contributed by atoms with van der Waals surface area (Å²) >= 11 is 0. The molecule has 124 valence electrons. The first kappa shape index (κ1) is 16.2. The van der Waals surface area contributed by atoms with Crippen molar-refractivity contribution in [3.63, 3.8) is 0 Å². The summed E-state index contributed by atoms with van der Waals surface area (Å²) in [5, 5.41) is 17.6. The van der Waals surface area contributed by atoms with Crippen LogP contribution in [0.1, 0.15) is 25.0 Å². The second kappa shape index (κ2) is 8.24. The first-order chi connectivity index (χ1) is 11.3. The van der Waals surface area contributed by atoms with E-state index in [1.165, 1.54) is 5.69 Å². The summed E-state index contributed by atoms with van der Waals surface area (Å²) in [6, 6.07) is 12.3. The number of aliphatic hydroxyl groups excluding tert-OH is 1. The van der Waals surface area contributed by atoms with Gasteiger partial charge in [-0.15, -0.1) is 0 Å². The zero-order valence-corrected chi connectivity index (χ0v) is 13.6. The molecule has 5 heteroatoms. The Balaban J connectivity index is 1.41. The van der Waals surface area contributed by atoms with Crippen LogP contribution in [0, 0.1) is 0 Å². The molecule has 1 fully saturated rings. The minimum Gasteiger partial charge on any atom is -0.392 e. The van der Waals surface area contributed by atoms with E-state index in [9.17, 15) is 5.11 Å². The van der Waals surface area contributed by atoms with E-state index in [-0.39, 0.29) is 6.10 Å². The zero-order valence-electron chi connectivity index (χ0n) is 13.6. The van der Waals surface area contributed by atoms with Crippen LogP contribution in [0.15, 0.2) is 42.6 Å². The number of piperidine rings is 1. The van der Waals surface area contributed by atoms with E-state index >= 15 is 0 Å². The topological polar surface area (TPSA) is 53.3 Å². The van der Waals surface area contributed by atoms with Gasteiger partial charge < -0.3 is 15.3 Å². The normalized spacial score (nSPS) is 19.1. The average molecular weight is 314 g/mol. The minimum absolute atomic E-state index is 0.128. The van der Waals surface area contributed by atoms with Crippen molar-refractivity contribution in [2.75, 3.05) is 26.2 Å². The second-order valence-electron chi connectivity index (χ2n) is 6.20. The molecule has 1 unspecified atom stereocenters. The minimum atomic E-state index is -0.128. The Labute approximate surface area is 137 Å². The molecule has 0 saturated carbocycles. The van der Waals surface area contributed by atoms with E-state index in [0.29, 0.717) is 0 Å². The van der Waals surface area contributed by atoms with Gasteiger partial charge in [-0.2, -0.15) is 5.10 Å². The number of aliphatic hydroxyl groups is 1. The van der Waals surface area contributed by atoms with Gasteiger partial charge in [-0.3, -0.25) is 0 Å². The quantitative estimate of drug-likeness (QED) is 0.765. The molecule has 1 aromatic carbocycles. The van der Waals surface area contributed by atoms with Gasteiger partial charge in [-0.1, -0.05) is 18.2 Å². The molecule has 1 aliphatic rings. The van der Waals surface area contributed by atoms with Crippen LogP contribution < -0.4 is 5.32 Å². The lowest BCUT2D eigenvalue weighted by atomic mass is 10.1. The molecule has 2 N–H and O–H groups in total. The fourth-order valence-corrected chi connectivity index (χ4v) is 3.14. The lowest BCUT2D eigenvalue weighted by molar-refractivity contribution is 0.0702. The molecule has 0 bridgehead atoms. The van der Waals surface area contributed by atoms with Gasteiger partial charge in [-0.05, 0) is 57.1 Å². The summed E-state index contributed by atoms with van der Waals surface area (Å²) in [5.41, 5.74) is 2.26. The number of nitrogens with one attached hydrogen (secondary N) is 1. The smallest absolute Gasteiger partial charge is 0.0667 e. The molecular weight excluding hydrogens is 288 g/mol. The van der Waals surface area contributed by atoms with Gasteiger partial charge in [0.25, 0.3) is 0 Å². The van der Waals surface area contributed by atoms with Gasteiger partial charge >= 0.3 is 0 Å². The highest BCUT2D eigenvalue weighted by atomic mass is 16.3. The molecule has 1 atom stereocenters. The lowest BCUT2D eigenvalue weighted by Crippen LogP contribution is -2.39. The van der Waals surface area contributed by atoms with Gasteiger partial charge in [0.05, 0.1) is 17.5 Å². The molecular formula is C18H26N4O. The molecule has 0 amide bonds. The third-order valence-corrected chi connectivity index (χ3v) is 4.34. The molecule has 3 rings (SSSR count). The van der Waals surface area contributed by atoms with E-state index in [2.05, 4.69) is 33.5 Å². The van der Waals surface area contributed by atoms with Crippen molar-refractivity contribution in [2.45, 2.75) is 31.9 Å². The fourth-order valence-electron chi connectivity index (χ4n) is 3.14. The molecule has 23 heavy (non-hydrogen) atoms. The molecule has 1 saturated heterocycles. The third-order valence-electron chi connectivity index (χ3n) is 4.34. The van der Waals surface area contributed by atoms with Gasteiger partial charge in [0, 0.05) is 19.3 Å². The van der Waals surface area contributed by atoms with Crippen LogP contribution in [-0.4, -0.2) is 52.1 Å². The van der Waals surface area contributed by atoms with Gasteiger partial charge in [0.2, 0.25) is 0 Å². The first-order valence-corrected chi connectivity index (χ1v) is 8.52. The number of hydrogen-bond acceptors (Lipinski definition) is 4. The second-order valence-corrected chi connectivity index (χ2v) is 6.20. The van der Waals surface area contributed by atoms with Crippen molar-refractivity contribution >= 4 is 0 Å². The zero-order chi connectivity index (χ0) is 15.9. The standard InChI is InChI=1S/C18H26N4O/c23-18-8-4-12-21(15-18)13-5-10-19-14-17-9-11-20-22(17)16-6-2-1-3-7-16/h1-3,6-7,9,11,18-19,23H,4-5,8,10,12-15H2. The third kappa shape index (κ3) is 4.64. The van der Waals surface area contributed by atoms with Crippen LogP contribution in [0.5, 0.6) is 0 Å². The summed E-state index contributed by atoms with van der Waals surface area (Å²) in [7, 11) is 0. The monoisotopic (exact) mass is 314 g/mol. The van der Waals surface area contributed by atoms with Crippen molar-refractivity contribution in [3.8, 4) is 5.69 Å². The molecule has 1 aliphatic heterocycles. The number of nitrogens with zero attached hydrogens (tertiary/aromatic N) is 3.